The topological polar surface area (TPSA) is 296 Å². The van der Waals surface area contributed by atoms with Crippen LogP contribution in [0.4, 0.5) is 5.95 Å². The van der Waals surface area contributed by atoms with Gasteiger partial charge in [-0.05, 0) is 0 Å². The van der Waals surface area contributed by atoms with Gasteiger partial charge in [-0.25, -0.2) is 9.29 Å². The molecule has 26 heteroatoms. The summed E-state index contributed by atoms with van der Waals surface area (Å²) < 4.78 is 56.2. The fourth-order valence-electron chi connectivity index (χ4n) is 2.96. The summed E-state index contributed by atoms with van der Waals surface area (Å²) in [7, 11) is -18.1. The minimum absolute atomic E-state index is 0. The number of nitrogen functional groups attached to an aromatic ring is 1. The number of nitrogens with zero attached hydrogens (tertiary/aromatic N) is 3. The number of hydrogen-bond donors (Lipinski definition) is 2. The van der Waals surface area contributed by atoms with E-state index in [2.05, 4.69) is 28.1 Å². The summed E-state index contributed by atoms with van der Waals surface area (Å²) in [6, 6.07) is 0. The number of anilines is 1. The fourth-order valence-corrected chi connectivity index (χ4v) is 5.83. The molecule has 3 rings (SSSR count). The van der Waals surface area contributed by atoms with E-state index in [1.807, 2.05) is 0 Å². The molecular weight excluding hydrogens is 623 g/mol. The van der Waals surface area contributed by atoms with Crippen molar-refractivity contribution < 1.29 is 179 Å². The Morgan fingerprint density at radius 2 is 1.76 bits per heavy atom. The number of nitrogens with one attached hydrogen (secondary N) is 1. The van der Waals surface area contributed by atoms with Crippen molar-refractivity contribution in [3.8, 4) is 0 Å². The Balaban J connectivity index is 0. The number of carbonyl (C=O) groups excluding carboxylic acids is 1. The third-order valence-electron chi connectivity index (χ3n) is 4.06. The number of hydrogen-bond acceptors (Lipinski definition) is 17. The largest absolute Gasteiger partial charge is 1.00 e. The van der Waals surface area contributed by atoms with Gasteiger partial charge < -0.3 is 43.9 Å². The maximum atomic E-state index is 11.9. The van der Waals surface area contributed by atoms with E-state index in [1.54, 1.807) is 0 Å². The van der Waals surface area contributed by atoms with Crippen LogP contribution in [-0.4, -0.2) is 44.3 Å². The molecule has 2 aromatic heterocycles. The molecule has 1 saturated heterocycles. The van der Waals surface area contributed by atoms with Gasteiger partial charge in [-0.2, -0.15) is 4.98 Å². The number of aromatic amines is 1. The van der Waals surface area contributed by atoms with Crippen molar-refractivity contribution >= 4 is 46.5 Å². The number of nitrogens with two attached hydrogens (primary N) is 1. The molecule has 0 spiro atoms. The van der Waals surface area contributed by atoms with Gasteiger partial charge in [0.05, 0.1) is 20.8 Å². The zero-order chi connectivity index (χ0) is 25.5. The first kappa shape index (κ1) is 42.1. The van der Waals surface area contributed by atoms with Crippen LogP contribution < -0.4 is 149 Å². The van der Waals surface area contributed by atoms with Gasteiger partial charge in [0.25, 0.3) is 21.2 Å². The van der Waals surface area contributed by atoms with Crippen LogP contribution in [0.25, 0.3) is 11.2 Å². The minimum Gasteiger partial charge on any atom is -0.790 e. The SMILES string of the molecule is CC(=O)O[C@H]1C[C@H](n2cnc3c(=O)[nH]c(N)nc32)O[C@@H]1COP(=O)([O-])OP(=O)([O-])OP(=O)([O-])[O-].[Na+].[Na+].[Na+].[Na+]. The van der Waals surface area contributed by atoms with E-state index in [9.17, 15) is 42.9 Å². The van der Waals surface area contributed by atoms with Crippen LogP contribution in [0.3, 0.4) is 0 Å². The molecule has 1 fully saturated rings. The van der Waals surface area contributed by atoms with E-state index >= 15 is 0 Å². The molecule has 190 valence electrons. The smallest absolute Gasteiger partial charge is 0.790 e. The number of ether oxygens (including phenoxy) is 2. The zero-order valence-electron chi connectivity index (χ0n) is 20.7. The number of aromatic nitrogens is 4. The van der Waals surface area contributed by atoms with E-state index in [0.29, 0.717) is 0 Å². The molecular formula is C12H14N5Na4O14P3. The van der Waals surface area contributed by atoms with Gasteiger partial charge >= 0.3 is 124 Å². The van der Waals surface area contributed by atoms with E-state index in [1.165, 1.54) is 10.9 Å². The average molecular weight is 637 g/mol. The maximum absolute atomic E-state index is 11.9. The fraction of sp³-hybridized carbons (Fsp3) is 0.500. The average Bonchev–Trinajstić information content (AvgIpc) is 3.20. The van der Waals surface area contributed by atoms with Crippen LogP contribution in [0.15, 0.2) is 11.1 Å². The summed E-state index contributed by atoms with van der Waals surface area (Å²) in [6.45, 7) is 0.0703. The van der Waals surface area contributed by atoms with Crippen LogP contribution in [-0.2, 0) is 41.1 Å². The predicted molar refractivity (Wildman–Crippen MR) is 97.6 cm³/mol. The summed E-state index contributed by atoms with van der Waals surface area (Å²) in [5.41, 5.74) is 4.77. The number of phosphoric ester groups is 1. The van der Waals surface area contributed by atoms with Crippen molar-refractivity contribution in [1.29, 1.82) is 0 Å². The van der Waals surface area contributed by atoms with Crippen molar-refractivity contribution in [3.05, 3.63) is 16.7 Å². The molecule has 2 aromatic rings. The molecule has 0 radical (unpaired) electrons. The maximum Gasteiger partial charge on any atom is 1.00 e. The third kappa shape index (κ3) is 12.3. The first-order chi connectivity index (χ1) is 15.6. The van der Waals surface area contributed by atoms with Crippen molar-refractivity contribution in [1.82, 2.24) is 19.5 Å². The number of H-pyrrole nitrogens is 1. The molecule has 5 atom stereocenters. The van der Waals surface area contributed by atoms with E-state index in [0.717, 1.165) is 6.92 Å². The van der Waals surface area contributed by atoms with E-state index < -0.39 is 60.0 Å². The van der Waals surface area contributed by atoms with Gasteiger partial charge in [0, 0.05) is 13.3 Å². The predicted octanol–water partition coefficient (Wildman–Crippen LogP) is -15.2. The number of carbonyl (C=O) groups is 1. The van der Waals surface area contributed by atoms with Gasteiger partial charge in [0.1, 0.15) is 18.4 Å². The van der Waals surface area contributed by atoms with Gasteiger partial charge in [0.2, 0.25) is 5.95 Å². The van der Waals surface area contributed by atoms with Gasteiger partial charge in [-0.3, -0.25) is 32.6 Å². The Morgan fingerprint density at radius 3 is 2.32 bits per heavy atom. The number of rotatable bonds is 9. The molecule has 3 N–H and O–H groups in total. The molecule has 2 unspecified atom stereocenters. The van der Waals surface area contributed by atoms with Crippen molar-refractivity contribution in [3.63, 3.8) is 0 Å². The molecule has 1 aliphatic heterocycles. The van der Waals surface area contributed by atoms with Gasteiger partial charge in [-0.15, -0.1) is 0 Å². The Labute approximate surface area is 301 Å². The minimum atomic E-state index is -6.15. The first-order valence-corrected chi connectivity index (χ1v) is 13.2. The second kappa shape index (κ2) is 16.7. The molecule has 38 heavy (non-hydrogen) atoms. The Bertz CT molecular complexity index is 1310. The standard InChI is InChI=1S/C12H18N5O14P3.4Na/c1-5(18)28-6-2-8(17-4-14-9-10(17)15-12(13)16-11(9)19)29-7(6)3-27-33(23,24)31-34(25,26)30-32(20,21)22;;;;/h4,6-8H,2-3H2,1H3,(H,23,24)(H,25,26)(H2,20,21,22)(H3,13,15,16,19);;;;/q;4*+1/p-4/t6-,7+,8+;;;;/m0..../s1. The zero-order valence-corrected chi connectivity index (χ0v) is 31.4. The molecule has 0 aromatic carbocycles. The monoisotopic (exact) mass is 637 g/mol. The summed E-state index contributed by atoms with van der Waals surface area (Å²) in [6.07, 6.45) is -2.45. The van der Waals surface area contributed by atoms with Crippen molar-refractivity contribution in [2.45, 2.75) is 31.8 Å². The molecule has 19 nitrogen and oxygen atoms in total. The van der Waals surface area contributed by atoms with Crippen LogP contribution in [0.1, 0.15) is 19.6 Å². The van der Waals surface area contributed by atoms with Gasteiger partial charge in [-0.1, -0.05) is 0 Å². The Kier molecular flexibility index (Phi) is 18.5. The normalized spacial score (nSPS) is 22.0. The quantitative estimate of drug-likeness (QED) is 0.146. The van der Waals surface area contributed by atoms with Crippen LogP contribution >= 0.6 is 23.5 Å². The van der Waals surface area contributed by atoms with Crippen molar-refractivity contribution in [2.75, 3.05) is 12.3 Å². The number of phosphoric acid groups is 3. The second-order valence-corrected chi connectivity index (χ2v) is 10.8. The summed E-state index contributed by atoms with van der Waals surface area (Å²) >= 11 is 0. The van der Waals surface area contributed by atoms with Gasteiger partial charge in [0.15, 0.2) is 11.2 Å². The van der Waals surface area contributed by atoms with Crippen LogP contribution in [0.5, 0.6) is 0 Å². The van der Waals surface area contributed by atoms with E-state index in [-0.39, 0.29) is 142 Å². The van der Waals surface area contributed by atoms with Crippen LogP contribution in [0, 0.1) is 0 Å². The second-order valence-electron chi connectivity index (χ2n) is 6.59. The van der Waals surface area contributed by atoms with E-state index in [4.69, 9.17) is 15.2 Å². The number of imidazole rings is 1. The molecule has 0 amide bonds. The summed E-state index contributed by atoms with van der Waals surface area (Å²) in [5, 5.41) is 0. The molecule has 0 bridgehead atoms. The Morgan fingerprint density at radius 1 is 1.16 bits per heavy atom. The molecule has 3 heterocycles. The summed E-state index contributed by atoms with van der Waals surface area (Å²) in [5.74, 6) is -1.02. The summed E-state index contributed by atoms with van der Waals surface area (Å²) in [4.78, 5) is 77.2. The molecule has 0 saturated carbocycles. The third-order valence-corrected chi connectivity index (χ3v) is 7.72. The Hall–Kier alpha value is 1.99. The van der Waals surface area contributed by atoms with Crippen LogP contribution in [0.2, 0.25) is 0 Å². The molecule has 0 aliphatic carbocycles. The first-order valence-electron chi connectivity index (χ1n) is 8.81. The van der Waals surface area contributed by atoms with Crippen molar-refractivity contribution in [2.24, 2.45) is 0 Å². The molecule has 1 aliphatic rings. The number of fused-ring (bicyclic) bond motifs is 1. The number of esters is 1.